The van der Waals surface area contributed by atoms with E-state index in [1.165, 1.54) is 0 Å². The van der Waals surface area contributed by atoms with Crippen molar-refractivity contribution in [3.8, 4) is 0 Å². The average Bonchev–Trinajstić information content (AvgIpc) is 2.40. The molecule has 8 N–H and O–H groups in total. The van der Waals surface area contributed by atoms with E-state index >= 15 is 0 Å². The molecule has 0 aliphatic heterocycles. The van der Waals surface area contributed by atoms with Gasteiger partial charge in [-0.25, -0.2) is 0 Å². The maximum absolute atomic E-state index is 9.13. The number of rotatable bonds is 4. The van der Waals surface area contributed by atoms with Crippen LogP contribution in [0.15, 0.2) is 0 Å². The van der Waals surface area contributed by atoms with Crippen LogP contribution in [0.25, 0.3) is 0 Å². The van der Waals surface area contributed by atoms with Crippen molar-refractivity contribution in [3.63, 3.8) is 0 Å². The quantitative estimate of drug-likeness (QED) is 0.285. The molecule has 0 saturated heterocycles. The van der Waals surface area contributed by atoms with Crippen molar-refractivity contribution in [1.82, 2.24) is 0 Å². The van der Waals surface area contributed by atoms with Crippen LogP contribution >= 0.6 is 0 Å². The molecule has 0 radical (unpaired) electrons. The molecule has 0 rings (SSSR count). The second kappa shape index (κ2) is 26.9. The Morgan fingerprint density at radius 3 is 0.571 bits per heavy atom. The summed E-state index contributed by atoms with van der Waals surface area (Å²) in [6.45, 7) is -1.56. The van der Waals surface area contributed by atoms with Crippen molar-refractivity contribution in [2.75, 3.05) is 26.2 Å². The largest absolute Gasteiger partial charge is 4.00 e. The van der Waals surface area contributed by atoms with Crippen LogP contribution in [0.5, 0.6) is 0 Å². The summed E-state index contributed by atoms with van der Waals surface area (Å²) < 4.78 is 0. The summed E-state index contributed by atoms with van der Waals surface area (Å²) in [5.41, 5.74) is 18.0. The maximum atomic E-state index is 9.13. The minimum atomic E-state index is -1.22. The summed E-state index contributed by atoms with van der Waals surface area (Å²) in [5, 5.41) is 36.5. The van der Waals surface area contributed by atoms with Gasteiger partial charge in [0.1, 0.15) is 0 Å². The first-order chi connectivity index (χ1) is 9.08. The number of nitrogens with two attached hydrogens (primary N) is 4. The van der Waals surface area contributed by atoms with Crippen LogP contribution in [0, 0.1) is 0 Å². The van der Waals surface area contributed by atoms with Crippen LogP contribution in [0.2, 0.25) is 0 Å². The molecule has 0 aromatic carbocycles. The molecule has 0 bridgehead atoms. The van der Waals surface area contributed by atoms with Gasteiger partial charge in [0.25, 0.3) is 0 Å². The van der Waals surface area contributed by atoms with Gasteiger partial charge >= 0.3 is 21.1 Å². The number of hydrogen-bond donors (Lipinski definition) is 4. The average molecular weight is 491 g/mol. The molecule has 0 aliphatic carbocycles. The maximum Gasteiger partial charge on any atom is 4.00 e. The molecular weight excluding hydrogens is 475 g/mol. The van der Waals surface area contributed by atoms with Gasteiger partial charge < -0.3 is 62.5 Å². The Balaban J connectivity index is -0.0000000533. The number of aliphatic carboxylic acids is 4. The minimum Gasteiger partial charge on any atom is -0.549 e. The van der Waals surface area contributed by atoms with Crippen LogP contribution < -0.4 is 43.4 Å². The van der Waals surface area contributed by atoms with Crippen LogP contribution in [-0.4, -0.2) is 50.1 Å². The van der Waals surface area contributed by atoms with Crippen LogP contribution in [0.3, 0.4) is 0 Å². The molecule has 0 aromatic rings. The van der Waals surface area contributed by atoms with Gasteiger partial charge in [0.2, 0.25) is 0 Å². The van der Waals surface area contributed by atoms with Crippen molar-refractivity contribution in [2.24, 2.45) is 22.9 Å². The number of hydrogen-bond acceptors (Lipinski definition) is 12. The molecule has 0 spiro atoms. The zero-order chi connectivity index (χ0) is 17.1. The second-order valence-electron chi connectivity index (χ2n) is 2.30. The molecule has 13 heteroatoms. The summed E-state index contributed by atoms with van der Waals surface area (Å²) in [5.74, 6) is -4.87. The number of carboxylic acid groups (broad SMARTS) is 4. The van der Waals surface area contributed by atoms with Gasteiger partial charge in [-0.2, -0.15) is 0 Å². The first-order valence-electron chi connectivity index (χ1n) is 4.68. The molecule has 0 aromatic heterocycles. The van der Waals surface area contributed by atoms with Gasteiger partial charge in [-0.1, -0.05) is 0 Å². The first kappa shape index (κ1) is 31.7. The zero-order valence-corrected chi connectivity index (χ0v) is 13.0. The van der Waals surface area contributed by atoms with Crippen LogP contribution in [0.4, 0.5) is 0 Å². The molecule has 12 nitrogen and oxygen atoms in total. The summed E-state index contributed by atoms with van der Waals surface area (Å²) in [4.78, 5) is 36.5. The van der Waals surface area contributed by atoms with Crippen LogP contribution in [0.1, 0.15) is 0 Å². The zero-order valence-electron chi connectivity index (χ0n) is 10.7. The van der Waals surface area contributed by atoms with Gasteiger partial charge in [-0.05, 0) is 0 Å². The number of carbonyl (C=O) groups excluding carboxylic acids is 4. The Morgan fingerprint density at radius 1 is 0.524 bits per heavy atom. The van der Waals surface area contributed by atoms with Gasteiger partial charge in [-0.15, -0.1) is 0 Å². The fourth-order valence-corrected chi connectivity index (χ4v) is 0. The van der Waals surface area contributed by atoms with Crippen molar-refractivity contribution in [2.45, 2.75) is 0 Å². The van der Waals surface area contributed by atoms with Gasteiger partial charge in [0, 0.05) is 26.2 Å². The van der Waals surface area contributed by atoms with Gasteiger partial charge in [-0.3, -0.25) is 0 Å². The Morgan fingerprint density at radius 2 is 0.571 bits per heavy atom. The fourth-order valence-electron chi connectivity index (χ4n) is 0. The third kappa shape index (κ3) is 121. The van der Waals surface area contributed by atoms with Crippen molar-refractivity contribution >= 4 is 23.9 Å². The van der Waals surface area contributed by atoms with E-state index in [9.17, 15) is 0 Å². The Kier molecular flexibility index (Phi) is 40.5. The summed E-state index contributed by atoms with van der Waals surface area (Å²) in [6, 6.07) is 0. The number of carboxylic acids is 4. The van der Waals surface area contributed by atoms with E-state index in [2.05, 4.69) is 22.9 Å². The molecule has 21 heavy (non-hydrogen) atoms. The van der Waals surface area contributed by atoms with E-state index in [-0.39, 0.29) is 47.2 Å². The first-order valence-corrected chi connectivity index (χ1v) is 4.68. The topological polar surface area (TPSA) is 265 Å². The monoisotopic (exact) mass is 491 g/mol. The molecule has 0 aliphatic rings. The fraction of sp³-hybridized carbons (Fsp3) is 0.500. The molecule has 0 unspecified atom stereocenters. The van der Waals surface area contributed by atoms with E-state index in [1.807, 2.05) is 0 Å². The SMILES string of the molecule is NCC(=O)[O-].NCC(=O)[O-].NCC(=O)[O-].NCC(=O)[O-].[Pt+4]. The van der Waals surface area contributed by atoms with Crippen molar-refractivity contribution < 1.29 is 60.7 Å². The van der Waals surface area contributed by atoms with E-state index in [1.54, 1.807) is 0 Å². The molecular formula is C8H16N4O8Pt. The summed E-state index contributed by atoms with van der Waals surface area (Å²) >= 11 is 0. The van der Waals surface area contributed by atoms with E-state index < -0.39 is 23.9 Å². The molecule has 0 fully saturated rings. The van der Waals surface area contributed by atoms with Gasteiger partial charge in [0.15, 0.2) is 0 Å². The molecule has 126 valence electrons. The Hall–Kier alpha value is -1.59. The Bertz CT molecular complexity index is 233. The van der Waals surface area contributed by atoms with Gasteiger partial charge in [0.05, 0.1) is 23.9 Å². The summed E-state index contributed by atoms with van der Waals surface area (Å²) in [6.07, 6.45) is 0. The minimum absolute atomic E-state index is 0. The standard InChI is InChI=1S/4C2H5NO2.Pt/c4*3-1-2(4)5;/h4*1,3H2,(H,4,5);/q;;;;+4/p-4. The van der Waals surface area contributed by atoms with Crippen molar-refractivity contribution in [1.29, 1.82) is 0 Å². The third-order valence-corrected chi connectivity index (χ3v) is 0.667. The smallest absolute Gasteiger partial charge is 0.549 e. The molecule has 0 saturated carbocycles. The number of carbonyl (C=O) groups is 4. The molecule has 0 amide bonds. The van der Waals surface area contributed by atoms with Crippen LogP contribution in [-0.2, 0) is 40.2 Å². The molecule has 0 atom stereocenters. The van der Waals surface area contributed by atoms with E-state index in [4.69, 9.17) is 39.6 Å². The normalized spacial score (nSPS) is 7.05. The predicted molar refractivity (Wildman–Crippen MR) is 56.2 cm³/mol. The summed E-state index contributed by atoms with van der Waals surface area (Å²) in [7, 11) is 0. The Labute approximate surface area is 134 Å². The predicted octanol–water partition coefficient (Wildman–Crippen LogP) is -9.22. The van der Waals surface area contributed by atoms with Crippen molar-refractivity contribution in [3.05, 3.63) is 0 Å². The molecule has 0 heterocycles. The second-order valence-corrected chi connectivity index (χ2v) is 2.30. The van der Waals surface area contributed by atoms with E-state index in [0.717, 1.165) is 0 Å². The third-order valence-electron chi connectivity index (χ3n) is 0.667. The van der Waals surface area contributed by atoms with E-state index in [0.29, 0.717) is 0 Å².